The van der Waals surface area contributed by atoms with Crippen LogP contribution in [0, 0.1) is 0 Å². The Morgan fingerprint density at radius 3 is 2.44 bits per heavy atom. The van der Waals surface area contributed by atoms with Gasteiger partial charge in [0.25, 0.3) is 5.89 Å². The normalized spacial score (nSPS) is 15.1. The largest absolute Gasteiger partial charge is 0.496 e. The Morgan fingerprint density at radius 1 is 1.06 bits per heavy atom. The molecule has 0 spiro atoms. The number of carbonyl (C=O) groups excluding carboxylic acids is 1. The summed E-state index contributed by atoms with van der Waals surface area (Å²) in [6, 6.07) is 11.8. The molecule has 0 bridgehead atoms. The molecule has 1 N–H and O–H groups in total. The van der Waals surface area contributed by atoms with Gasteiger partial charge in [-0.15, -0.1) is 10.2 Å². The van der Waals surface area contributed by atoms with Crippen LogP contribution >= 0.6 is 0 Å². The summed E-state index contributed by atoms with van der Waals surface area (Å²) in [5.74, 6) is 1.50. The van der Waals surface area contributed by atoms with Gasteiger partial charge in [0.2, 0.25) is 21.8 Å². The molecule has 1 fully saturated rings. The first kappa shape index (κ1) is 23.7. The average molecular weight is 487 g/mol. The molecular weight excluding hydrogens is 460 g/mol. The predicted molar refractivity (Wildman–Crippen MR) is 124 cm³/mol. The van der Waals surface area contributed by atoms with Crippen molar-refractivity contribution in [3.05, 3.63) is 48.4 Å². The van der Waals surface area contributed by atoms with Crippen LogP contribution in [0.1, 0.15) is 31.6 Å². The fourth-order valence-corrected chi connectivity index (χ4v) is 5.45. The molecule has 1 aromatic heterocycles. The number of hydrogen-bond donors (Lipinski definition) is 1. The summed E-state index contributed by atoms with van der Waals surface area (Å²) >= 11 is 0. The minimum atomic E-state index is -3.75. The Hall–Kier alpha value is -3.44. The van der Waals surface area contributed by atoms with Gasteiger partial charge in [-0.2, -0.15) is 4.31 Å². The highest BCUT2D eigenvalue weighted by Gasteiger charge is 2.32. The lowest BCUT2D eigenvalue weighted by Gasteiger charge is -2.29. The van der Waals surface area contributed by atoms with Crippen molar-refractivity contribution in [3.63, 3.8) is 0 Å². The van der Waals surface area contributed by atoms with Crippen LogP contribution in [-0.4, -0.2) is 56.1 Å². The Bertz CT molecular complexity index is 1280. The van der Waals surface area contributed by atoms with Crippen LogP contribution in [0.5, 0.6) is 11.5 Å². The van der Waals surface area contributed by atoms with Crippen molar-refractivity contribution in [3.8, 4) is 23.0 Å². The van der Waals surface area contributed by atoms with Crippen LogP contribution in [0.2, 0.25) is 0 Å². The number of sulfonamides is 1. The second-order valence-electron chi connectivity index (χ2n) is 7.87. The first-order valence-electron chi connectivity index (χ1n) is 10.8. The molecule has 0 aliphatic carbocycles. The number of amides is 1. The molecule has 3 aromatic rings. The van der Waals surface area contributed by atoms with E-state index in [1.54, 1.807) is 7.11 Å². The molecule has 2 heterocycles. The van der Waals surface area contributed by atoms with Crippen molar-refractivity contribution in [2.45, 2.75) is 30.6 Å². The number of piperidine rings is 1. The Labute approximate surface area is 197 Å². The zero-order valence-corrected chi connectivity index (χ0v) is 20.0. The Kier molecular flexibility index (Phi) is 6.85. The maximum Gasteiger partial charge on any atom is 0.251 e. The molecule has 1 saturated heterocycles. The molecule has 34 heavy (non-hydrogen) atoms. The number of nitrogens with one attached hydrogen (secondary N) is 1. The summed E-state index contributed by atoms with van der Waals surface area (Å²) in [6.07, 6.45) is 1.09. The van der Waals surface area contributed by atoms with E-state index in [-0.39, 0.29) is 16.7 Å². The molecule has 0 atom stereocenters. The zero-order valence-electron chi connectivity index (χ0n) is 19.1. The SMILES string of the molecule is COc1ccc(S(=O)(=O)N2CCC(c3nnc(-c4ccccc4OC)o3)CC2)cc1NC(C)=O. The second kappa shape index (κ2) is 9.82. The van der Waals surface area contributed by atoms with Crippen molar-refractivity contribution in [1.82, 2.24) is 14.5 Å². The molecule has 4 rings (SSSR count). The van der Waals surface area contributed by atoms with Crippen LogP contribution in [-0.2, 0) is 14.8 Å². The summed E-state index contributed by atoms with van der Waals surface area (Å²) in [7, 11) is -0.722. The topological polar surface area (TPSA) is 124 Å². The van der Waals surface area contributed by atoms with E-state index in [1.807, 2.05) is 24.3 Å². The molecule has 2 aromatic carbocycles. The smallest absolute Gasteiger partial charge is 0.251 e. The minimum Gasteiger partial charge on any atom is -0.496 e. The van der Waals surface area contributed by atoms with E-state index < -0.39 is 10.0 Å². The minimum absolute atomic E-state index is 0.0479. The first-order valence-corrected chi connectivity index (χ1v) is 12.2. The molecular formula is C23H26N4O6S. The maximum absolute atomic E-state index is 13.2. The average Bonchev–Trinajstić information content (AvgIpc) is 3.34. The zero-order chi connectivity index (χ0) is 24.3. The molecule has 11 heteroatoms. The maximum atomic E-state index is 13.2. The van der Waals surface area contributed by atoms with Gasteiger partial charge in [0.1, 0.15) is 11.5 Å². The number of nitrogens with zero attached hydrogens (tertiary/aromatic N) is 3. The highest BCUT2D eigenvalue weighted by molar-refractivity contribution is 7.89. The summed E-state index contributed by atoms with van der Waals surface area (Å²) in [4.78, 5) is 11.6. The van der Waals surface area contributed by atoms with Crippen molar-refractivity contribution < 1.29 is 27.1 Å². The van der Waals surface area contributed by atoms with Gasteiger partial charge in [-0.05, 0) is 43.2 Å². The monoisotopic (exact) mass is 486 g/mol. The molecule has 0 radical (unpaired) electrons. The fraction of sp³-hybridized carbons (Fsp3) is 0.348. The number of aromatic nitrogens is 2. The van der Waals surface area contributed by atoms with Gasteiger partial charge in [0, 0.05) is 25.9 Å². The van der Waals surface area contributed by atoms with Crippen molar-refractivity contribution in [2.24, 2.45) is 0 Å². The number of carbonyl (C=O) groups is 1. The Balaban J connectivity index is 1.48. The number of rotatable bonds is 7. The predicted octanol–water partition coefficient (Wildman–Crippen LogP) is 3.28. The van der Waals surface area contributed by atoms with E-state index in [9.17, 15) is 13.2 Å². The van der Waals surface area contributed by atoms with Gasteiger partial charge in [-0.3, -0.25) is 4.79 Å². The number of anilines is 1. The van der Waals surface area contributed by atoms with E-state index in [4.69, 9.17) is 13.9 Å². The summed E-state index contributed by atoms with van der Waals surface area (Å²) in [5, 5.41) is 11.0. The van der Waals surface area contributed by atoms with Gasteiger partial charge >= 0.3 is 0 Å². The Morgan fingerprint density at radius 2 is 1.76 bits per heavy atom. The molecule has 1 aliphatic rings. The number of hydrogen-bond acceptors (Lipinski definition) is 8. The molecule has 0 saturated carbocycles. The third kappa shape index (κ3) is 4.75. The lowest BCUT2D eigenvalue weighted by Crippen LogP contribution is -2.38. The van der Waals surface area contributed by atoms with Crippen molar-refractivity contribution in [2.75, 3.05) is 32.6 Å². The van der Waals surface area contributed by atoms with Gasteiger partial charge in [-0.1, -0.05) is 12.1 Å². The second-order valence-corrected chi connectivity index (χ2v) is 9.81. The van der Waals surface area contributed by atoms with Gasteiger partial charge in [0.05, 0.1) is 30.4 Å². The molecule has 0 unspecified atom stereocenters. The number of benzene rings is 2. The number of methoxy groups -OCH3 is 2. The lowest BCUT2D eigenvalue weighted by atomic mass is 9.98. The van der Waals surface area contributed by atoms with Gasteiger partial charge in [-0.25, -0.2) is 8.42 Å². The fourth-order valence-electron chi connectivity index (χ4n) is 3.96. The van der Waals surface area contributed by atoms with E-state index in [1.165, 1.54) is 36.5 Å². The van der Waals surface area contributed by atoms with Gasteiger partial charge in [0.15, 0.2) is 0 Å². The van der Waals surface area contributed by atoms with Crippen LogP contribution in [0.3, 0.4) is 0 Å². The van der Waals surface area contributed by atoms with Crippen LogP contribution in [0.15, 0.2) is 51.8 Å². The summed E-state index contributed by atoms with van der Waals surface area (Å²) in [6.45, 7) is 1.96. The summed E-state index contributed by atoms with van der Waals surface area (Å²) in [5.41, 5.74) is 1.01. The highest BCUT2D eigenvalue weighted by Crippen LogP contribution is 2.35. The van der Waals surface area contributed by atoms with E-state index in [2.05, 4.69) is 15.5 Å². The number of para-hydroxylation sites is 1. The lowest BCUT2D eigenvalue weighted by molar-refractivity contribution is -0.114. The third-order valence-electron chi connectivity index (χ3n) is 5.70. The van der Waals surface area contributed by atoms with Crippen LogP contribution in [0.25, 0.3) is 11.5 Å². The van der Waals surface area contributed by atoms with E-state index in [0.717, 1.165) is 0 Å². The van der Waals surface area contributed by atoms with Crippen molar-refractivity contribution in [1.29, 1.82) is 0 Å². The standard InChI is InChI=1S/C23H26N4O6S/c1-15(28)24-19-14-17(8-9-21(19)32-3)34(29,30)27-12-10-16(11-13-27)22-25-26-23(33-22)18-6-4-5-7-20(18)31-2/h4-9,14,16H,10-13H2,1-3H3,(H,24,28). The number of ether oxygens (including phenoxy) is 2. The molecule has 1 amide bonds. The summed E-state index contributed by atoms with van der Waals surface area (Å²) < 4.78 is 44.4. The third-order valence-corrected chi connectivity index (χ3v) is 7.60. The molecule has 10 nitrogen and oxygen atoms in total. The van der Waals surface area contributed by atoms with E-state index >= 15 is 0 Å². The molecule has 1 aliphatic heterocycles. The van der Waals surface area contributed by atoms with Crippen LogP contribution < -0.4 is 14.8 Å². The van der Waals surface area contributed by atoms with Crippen molar-refractivity contribution >= 4 is 21.6 Å². The quantitative estimate of drug-likeness (QED) is 0.540. The first-order chi connectivity index (χ1) is 16.3. The van der Waals surface area contributed by atoms with Gasteiger partial charge < -0.3 is 19.2 Å². The highest BCUT2D eigenvalue weighted by atomic mass is 32.2. The molecule has 180 valence electrons. The van der Waals surface area contributed by atoms with E-state index in [0.29, 0.717) is 60.5 Å². The van der Waals surface area contributed by atoms with Crippen LogP contribution in [0.4, 0.5) is 5.69 Å².